The summed E-state index contributed by atoms with van der Waals surface area (Å²) in [4.78, 5) is 22.9. The lowest BCUT2D eigenvalue weighted by molar-refractivity contribution is -0.147. The Kier molecular flexibility index (Phi) is 5.80. The van der Waals surface area contributed by atoms with Crippen LogP contribution < -0.4 is 5.32 Å². The van der Waals surface area contributed by atoms with Gasteiger partial charge >= 0.3 is 12.1 Å². The molecule has 0 heterocycles. The number of ether oxygens (including phenoxy) is 2. The monoisotopic (exact) mass is 337 g/mol. The Morgan fingerprint density at radius 1 is 1.18 bits per heavy atom. The number of nitrogens with one attached hydrogen (secondary N) is 1. The summed E-state index contributed by atoms with van der Waals surface area (Å²) >= 11 is 0. The summed E-state index contributed by atoms with van der Waals surface area (Å²) in [5.74, 6) is -0.513. The van der Waals surface area contributed by atoms with Gasteiger partial charge in [0, 0.05) is 13.3 Å². The zero-order valence-electron chi connectivity index (χ0n) is 13.4. The molecule has 1 saturated carbocycles. The third-order valence-corrected chi connectivity index (χ3v) is 3.41. The highest BCUT2D eigenvalue weighted by Gasteiger charge is 2.40. The summed E-state index contributed by atoms with van der Waals surface area (Å²) in [7, 11) is -3.62. The quantitative estimate of drug-likeness (QED) is 0.601. The normalized spacial score (nSPS) is 25.6. The van der Waals surface area contributed by atoms with Crippen LogP contribution in [0.15, 0.2) is 0 Å². The lowest BCUT2D eigenvalue weighted by atomic mass is 10.2. The Labute approximate surface area is 130 Å². The lowest BCUT2D eigenvalue weighted by Crippen LogP contribution is -2.44. The first-order valence-electron chi connectivity index (χ1n) is 6.91. The number of hydrogen-bond acceptors (Lipinski definition) is 7. The second-order valence-electron chi connectivity index (χ2n) is 6.29. The highest BCUT2D eigenvalue weighted by atomic mass is 32.2. The number of rotatable bonds is 4. The van der Waals surface area contributed by atoms with E-state index >= 15 is 0 Å². The molecular formula is C13H23NO7S. The standard InChI is InChI=1S/C13H23NO7S/c1-8(15)19-11-7-9(21-22(5,17)18)6-10(11)14-12(16)20-13(2,3)4/h9-11H,6-7H2,1-5H3,(H,14,16)/t9-,10+,11+/m0/s1. The van der Waals surface area contributed by atoms with Gasteiger partial charge in [0.25, 0.3) is 10.1 Å². The molecule has 1 rings (SSSR count). The topological polar surface area (TPSA) is 108 Å². The van der Waals surface area contributed by atoms with Gasteiger partial charge in [-0.3, -0.25) is 8.98 Å². The Morgan fingerprint density at radius 3 is 2.23 bits per heavy atom. The smallest absolute Gasteiger partial charge is 0.408 e. The van der Waals surface area contributed by atoms with E-state index in [-0.39, 0.29) is 12.8 Å². The summed E-state index contributed by atoms with van der Waals surface area (Å²) < 4.78 is 37.5. The van der Waals surface area contributed by atoms with Crippen molar-refractivity contribution < 1.29 is 31.7 Å². The molecule has 0 radical (unpaired) electrons. The van der Waals surface area contributed by atoms with Gasteiger partial charge in [0.1, 0.15) is 11.7 Å². The molecule has 0 saturated heterocycles. The molecule has 1 fully saturated rings. The SMILES string of the molecule is CC(=O)O[C@@H]1C[C@@H](OS(C)(=O)=O)C[C@H]1NC(=O)OC(C)(C)C. The average molecular weight is 337 g/mol. The molecule has 0 aromatic heterocycles. The largest absolute Gasteiger partial charge is 0.460 e. The number of carbonyl (C=O) groups excluding carboxylic acids is 2. The van der Waals surface area contributed by atoms with Crippen LogP contribution in [0.25, 0.3) is 0 Å². The molecule has 128 valence electrons. The van der Waals surface area contributed by atoms with Crippen molar-refractivity contribution in [3.63, 3.8) is 0 Å². The molecule has 0 spiro atoms. The van der Waals surface area contributed by atoms with Gasteiger partial charge in [-0.15, -0.1) is 0 Å². The molecular weight excluding hydrogens is 314 g/mol. The third-order valence-electron chi connectivity index (χ3n) is 2.79. The fourth-order valence-corrected chi connectivity index (χ4v) is 2.89. The van der Waals surface area contributed by atoms with Crippen molar-refractivity contribution in [3.05, 3.63) is 0 Å². The molecule has 0 aromatic rings. The van der Waals surface area contributed by atoms with Crippen LogP contribution in [0.4, 0.5) is 4.79 Å². The fourth-order valence-electron chi connectivity index (χ4n) is 2.23. The number of amides is 1. The van der Waals surface area contributed by atoms with Crippen molar-refractivity contribution in [1.82, 2.24) is 5.32 Å². The van der Waals surface area contributed by atoms with E-state index in [1.165, 1.54) is 6.92 Å². The first-order chi connectivity index (χ1) is 9.85. The van der Waals surface area contributed by atoms with Crippen molar-refractivity contribution in [3.8, 4) is 0 Å². The molecule has 9 heteroatoms. The highest BCUT2D eigenvalue weighted by Crippen LogP contribution is 2.27. The molecule has 0 aromatic carbocycles. The van der Waals surface area contributed by atoms with Crippen LogP contribution in [0.3, 0.4) is 0 Å². The van der Waals surface area contributed by atoms with Crippen molar-refractivity contribution in [1.29, 1.82) is 0 Å². The van der Waals surface area contributed by atoms with E-state index in [4.69, 9.17) is 13.7 Å². The second kappa shape index (κ2) is 6.82. The molecule has 0 aliphatic heterocycles. The molecule has 1 amide bonds. The Morgan fingerprint density at radius 2 is 1.77 bits per heavy atom. The minimum Gasteiger partial charge on any atom is -0.460 e. The van der Waals surface area contributed by atoms with Crippen LogP contribution in [0.2, 0.25) is 0 Å². The van der Waals surface area contributed by atoms with Gasteiger partial charge in [-0.1, -0.05) is 0 Å². The highest BCUT2D eigenvalue weighted by molar-refractivity contribution is 7.86. The molecule has 0 bridgehead atoms. The minimum atomic E-state index is -3.62. The summed E-state index contributed by atoms with van der Waals surface area (Å²) in [6.07, 6.45) is -0.620. The molecule has 0 unspecified atom stereocenters. The van der Waals surface area contributed by atoms with Gasteiger partial charge in [0.15, 0.2) is 0 Å². The number of esters is 1. The minimum absolute atomic E-state index is 0.188. The van der Waals surface area contributed by atoms with E-state index in [0.29, 0.717) is 0 Å². The van der Waals surface area contributed by atoms with E-state index in [1.807, 2.05) is 0 Å². The lowest BCUT2D eigenvalue weighted by Gasteiger charge is -2.24. The molecule has 1 aliphatic carbocycles. The average Bonchev–Trinajstić information content (AvgIpc) is 2.52. The van der Waals surface area contributed by atoms with Gasteiger partial charge in [0.05, 0.1) is 18.4 Å². The summed E-state index contributed by atoms with van der Waals surface area (Å²) in [6, 6.07) is -0.564. The summed E-state index contributed by atoms with van der Waals surface area (Å²) in [5.41, 5.74) is -0.664. The molecule has 1 N–H and O–H groups in total. The van der Waals surface area contributed by atoms with Crippen molar-refractivity contribution in [2.45, 2.75) is 64.4 Å². The van der Waals surface area contributed by atoms with E-state index in [1.54, 1.807) is 20.8 Å². The zero-order valence-corrected chi connectivity index (χ0v) is 14.2. The van der Waals surface area contributed by atoms with E-state index in [0.717, 1.165) is 6.26 Å². The Hall–Kier alpha value is -1.35. The first kappa shape index (κ1) is 18.7. The molecule has 1 aliphatic rings. The van der Waals surface area contributed by atoms with Gasteiger partial charge in [-0.25, -0.2) is 4.79 Å². The molecule has 8 nitrogen and oxygen atoms in total. The van der Waals surface area contributed by atoms with Crippen LogP contribution in [-0.2, 0) is 28.6 Å². The second-order valence-corrected chi connectivity index (χ2v) is 7.90. The predicted octanol–water partition coefficient (Wildman–Crippen LogP) is 0.950. The number of hydrogen-bond donors (Lipinski definition) is 1. The van der Waals surface area contributed by atoms with Crippen LogP contribution in [0, 0.1) is 0 Å². The van der Waals surface area contributed by atoms with Gasteiger partial charge in [-0.2, -0.15) is 8.42 Å². The maximum Gasteiger partial charge on any atom is 0.408 e. The summed E-state index contributed by atoms with van der Waals surface area (Å²) in [5, 5.41) is 2.59. The first-order valence-corrected chi connectivity index (χ1v) is 8.72. The fraction of sp³-hybridized carbons (Fsp3) is 0.846. The van der Waals surface area contributed by atoms with Crippen molar-refractivity contribution in [2.24, 2.45) is 0 Å². The zero-order chi connectivity index (χ0) is 17.1. The Bertz CT molecular complexity index is 523. The molecule has 3 atom stereocenters. The predicted molar refractivity (Wildman–Crippen MR) is 77.7 cm³/mol. The van der Waals surface area contributed by atoms with Crippen molar-refractivity contribution in [2.75, 3.05) is 6.26 Å². The molecule has 22 heavy (non-hydrogen) atoms. The van der Waals surface area contributed by atoms with Crippen LogP contribution in [0.5, 0.6) is 0 Å². The maximum atomic E-state index is 11.8. The van der Waals surface area contributed by atoms with E-state index in [9.17, 15) is 18.0 Å². The van der Waals surface area contributed by atoms with Gasteiger partial charge in [-0.05, 0) is 27.2 Å². The third kappa shape index (κ3) is 7.08. The van der Waals surface area contributed by atoms with E-state index in [2.05, 4.69) is 5.32 Å². The number of alkyl carbamates (subject to hydrolysis) is 1. The van der Waals surface area contributed by atoms with Gasteiger partial charge in [0.2, 0.25) is 0 Å². The van der Waals surface area contributed by atoms with Crippen molar-refractivity contribution >= 4 is 22.2 Å². The summed E-state index contributed by atoms with van der Waals surface area (Å²) in [6.45, 7) is 6.41. The Balaban J connectivity index is 2.71. The van der Waals surface area contributed by atoms with Crippen LogP contribution in [0.1, 0.15) is 40.5 Å². The van der Waals surface area contributed by atoms with E-state index < -0.39 is 46.0 Å². The van der Waals surface area contributed by atoms with Crippen LogP contribution >= 0.6 is 0 Å². The van der Waals surface area contributed by atoms with Gasteiger partial charge < -0.3 is 14.8 Å². The number of carbonyl (C=O) groups is 2. The maximum absolute atomic E-state index is 11.8. The van der Waals surface area contributed by atoms with Crippen LogP contribution in [-0.4, -0.2) is 50.6 Å².